The molecular formula is C20H34N4O12. The lowest BCUT2D eigenvalue weighted by Gasteiger charge is -2.45. The van der Waals surface area contributed by atoms with E-state index in [-0.39, 0.29) is 26.4 Å². The molecule has 10 atom stereocenters. The van der Waals surface area contributed by atoms with E-state index in [1.54, 1.807) is 6.92 Å². The zero-order valence-electron chi connectivity index (χ0n) is 19.8. The third-order valence-corrected chi connectivity index (χ3v) is 5.82. The Bertz CT molecular complexity index is 756. The molecule has 0 spiro atoms. The highest BCUT2D eigenvalue weighted by Gasteiger charge is 2.52. The Labute approximate surface area is 206 Å². The van der Waals surface area contributed by atoms with Crippen molar-refractivity contribution in [2.45, 2.75) is 68.3 Å². The summed E-state index contributed by atoms with van der Waals surface area (Å²) in [7, 11) is 0. The van der Waals surface area contributed by atoms with E-state index in [0.29, 0.717) is 25.7 Å². The van der Waals surface area contributed by atoms with E-state index in [9.17, 15) is 25.5 Å². The highest BCUT2D eigenvalue weighted by Crippen LogP contribution is 2.32. The van der Waals surface area contributed by atoms with E-state index in [1.807, 2.05) is 0 Å². The minimum Gasteiger partial charge on any atom is -0.450 e. The normalized spacial score (nSPS) is 38.1. The van der Waals surface area contributed by atoms with Crippen LogP contribution in [0.25, 0.3) is 10.4 Å². The molecule has 0 aromatic carbocycles. The second kappa shape index (κ2) is 14.3. The van der Waals surface area contributed by atoms with Gasteiger partial charge in [-0.3, -0.25) is 0 Å². The van der Waals surface area contributed by atoms with E-state index in [4.69, 9.17) is 38.7 Å². The average Bonchev–Trinajstić information content (AvgIpc) is 3.25. The second-order valence-corrected chi connectivity index (χ2v) is 8.34. The Morgan fingerprint density at radius 2 is 1.61 bits per heavy atom. The molecule has 2 saturated heterocycles. The Morgan fingerprint density at radius 3 is 2.31 bits per heavy atom. The van der Waals surface area contributed by atoms with Crippen LogP contribution in [0.3, 0.4) is 0 Å². The topological polar surface area (TPSA) is 227 Å². The third kappa shape index (κ3) is 7.44. The Balaban J connectivity index is 1.44. The van der Waals surface area contributed by atoms with Crippen LogP contribution in [0.2, 0.25) is 0 Å². The first-order chi connectivity index (χ1) is 17.4. The molecule has 2 fully saturated rings. The molecule has 0 amide bonds. The van der Waals surface area contributed by atoms with E-state index in [2.05, 4.69) is 15.0 Å². The number of hydrogen-bond donors (Lipinski definition) is 5. The van der Waals surface area contributed by atoms with Crippen LogP contribution in [0.4, 0.5) is 0 Å². The summed E-state index contributed by atoms with van der Waals surface area (Å²) in [5, 5.41) is 54.8. The van der Waals surface area contributed by atoms with Gasteiger partial charge in [0.05, 0.1) is 46.2 Å². The van der Waals surface area contributed by atoms with Crippen molar-refractivity contribution in [1.82, 2.24) is 0 Å². The summed E-state index contributed by atoms with van der Waals surface area (Å²) < 4.78 is 38.4. The van der Waals surface area contributed by atoms with Gasteiger partial charge in [-0.2, -0.15) is 0 Å². The van der Waals surface area contributed by atoms with Crippen molar-refractivity contribution in [3.8, 4) is 0 Å². The van der Waals surface area contributed by atoms with Gasteiger partial charge in [0, 0.05) is 18.4 Å². The fraction of sp³-hybridized carbons (Fsp3) is 0.950. The van der Waals surface area contributed by atoms with E-state index in [1.165, 1.54) is 0 Å². The van der Waals surface area contributed by atoms with Crippen molar-refractivity contribution >= 4 is 5.90 Å². The van der Waals surface area contributed by atoms with Gasteiger partial charge in [-0.15, -0.1) is 0 Å². The number of azide groups is 1. The highest BCUT2D eigenvalue weighted by molar-refractivity contribution is 5.75. The van der Waals surface area contributed by atoms with Crippen LogP contribution in [0, 0.1) is 0 Å². The predicted octanol–water partition coefficient (Wildman–Crippen LogP) is -2.57. The van der Waals surface area contributed by atoms with Crippen LogP contribution >= 0.6 is 0 Å². The molecule has 0 bridgehead atoms. The number of nitrogens with zero attached hydrogens (tertiary/aromatic N) is 4. The zero-order chi connectivity index (χ0) is 26.1. The molecule has 0 radical (unpaired) electrons. The average molecular weight is 523 g/mol. The lowest BCUT2D eigenvalue weighted by molar-refractivity contribution is -0.342. The molecule has 0 saturated carbocycles. The molecule has 3 aliphatic heterocycles. The van der Waals surface area contributed by atoms with Crippen LogP contribution in [-0.2, 0) is 33.2 Å². The maximum absolute atomic E-state index is 10.8. The number of rotatable bonds is 14. The maximum atomic E-state index is 10.8. The minimum absolute atomic E-state index is 0.147. The van der Waals surface area contributed by atoms with E-state index in [0.717, 1.165) is 0 Å². The molecule has 0 aliphatic carbocycles. The maximum Gasteiger partial charge on any atom is 0.227 e. The summed E-state index contributed by atoms with van der Waals surface area (Å²) in [6, 6.07) is -0.801. The quantitative estimate of drug-likeness (QED) is 0.0687. The lowest BCUT2D eigenvalue weighted by atomic mass is 9.96. The molecule has 0 unspecified atom stereocenters. The number of hydrogen-bond acceptors (Lipinski definition) is 14. The monoisotopic (exact) mass is 522 g/mol. The van der Waals surface area contributed by atoms with Crippen molar-refractivity contribution in [3.63, 3.8) is 0 Å². The Hall–Kier alpha value is -1.66. The minimum atomic E-state index is -1.65. The molecule has 0 aromatic rings. The number of aliphatic hydroxyl groups is 5. The third-order valence-electron chi connectivity index (χ3n) is 5.82. The smallest absolute Gasteiger partial charge is 0.227 e. The molecule has 0 aromatic heterocycles. The number of ether oxygens (including phenoxy) is 7. The fourth-order valence-electron chi connectivity index (χ4n) is 3.97. The van der Waals surface area contributed by atoms with Gasteiger partial charge in [0.2, 0.25) is 6.29 Å². The van der Waals surface area contributed by atoms with Crippen molar-refractivity contribution in [2.24, 2.45) is 10.1 Å². The molecular weight excluding hydrogens is 488 g/mol. The van der Waals surface area contributed by atoms with Gasteiger partial charge < -0.3 is 58.7 Å². The van der Waals surface area contributed by atoms with Gasteiger partial charge in [-0.1, -0.05) is 5.11 Å². The first-order valence-corrected chi connectivity index (χ1v) is 11.6. The summed E-state index contributed by atoms with van der Waals surface area (Å²) in [6.45, 7) is 2.46. The molecule has 3 rings (SSSR count). The molecule has 16 heteroatoms. The fourth-order valence-corrected chi connectivity index (χ4v) is 3.97. The number of aliphatic imine (C=N–C) groups is 1. The van der Waals surface area contributed by atoms with Gasteiger partial charge >= 0.3 is 0 Å². The zero-order valence-corrected chi connectivity index (χ0v) is 19.8. The van der Waals surface area contributed by atoms with Gasteiger partial charge in [0.1, 0.15) is 48.8 Å². The summed E-state index contributed by atoms with van der Waals surface area (Å²) in [5.74, 6) is 0.313. The second-order valence-electron chi connectivity index (χ2n) is 8.34. The lowest BCUT2D eigenvalue weighted by Crippen LogP contribution is -2.64. The number of aliphatic hydroxyl groups excluding tert-OH is 5. The molecule has 206 valence electrons. The SMILES string of the molecule is CC1=N[C@H]2[C@@H](O1)O[C@H](CO)[C@@H](O[C@@H]1O[C@H](COCCOCCOCCN=[N+]=[N-])[C@@H](O)[C@H](O)[C@@H]1O)[C@@H]2O. The summed E-state index contributed by atoms with van der Waals surface area (Å²) in [4.78, 5) is 6.78. The van der Waals surface area contributed by atoms with E-state index < -0.39 is 68.0 Å². The van der Waals surface area contributed by atoms with Crippen molar-refractivity contribution in [3.05, 3.63) is 10.4 Å². The predicted molar refractivity (Wildman–Crippen MR) is 118 cm³/mol. The Morgan fingerprint density at radius 1 is 0.917 bits per heavy atom. The van der Waals surface area contributed by atoms with Crippen LogP contribution in [0.5, 0.6) is 0 Å². The largest absolute Gasteiger partial charge is 0.450 e. The number of fused-ring (bicyclic) bond motifs is 1. The standard InChI is InChI=1S/C20H34N4O12/c1-10-23-13-15(27)18(11(8-25)34-19(13)33-10)36-20-17(29)16(28)14(26)12(35-20)9-32-7-6-31-5-4-30-3-2-22-24-21/h11-20,25-29H,2-9H2,1H3/t11-,12-,13-,14-,15-,16+,17+,18-,19+,20+/m1/s1. The van der Waals surface area contributed by atoms with E-state index >= 15 is 0 Å². The van der Waals surface area contributed by atoms with Crippen molar-refractivity contribution in [2.75, 3.05) is 52.8 Å². The first kappa shape index (κ1) is 28.9. The van der Waals surface area contributed by atoms with Gasteiger partial charge in [-0.05, 0) is 5.53 Å². The summed E-state index contributed by atoms with van der Waals surface area (Å²) in [6.07, 6.45) is -11.6. The molecule has 3 aliphatic rings. The van der Waals surface area contributed by atoms with Gasteiger partial charge in [-0.25, -0.2) is 4.99 Å². The Kier molecular flexibility index (Phi) is 11.5. The van der Waals surface area contributed by atoms with Crippen molar-refractivity contribution in [1.29, 1.82) is 0 Å². The molecule has 36 heavy (non-hydrogen) atoms. The summed E-state index contributed by atoms with van der Waals surface area (Å²) in [5.41, 5.74) is 8.16. The summed E-state index contributed by atoms with van der Waals surface area (Å²) >= 11 is 0. The van der Waals surface area contributed by atoms with Crippen LogP contribution in [0.15, 0.2) is 10.1 Å². The molecule has 5 N–H and O–H groups in total. The van der Waals surface area contributed by atoms with Gasteiger partial charge in [0.15, 0.2) is 12.2 Å². The van der Waals surface area contributed by atoms with Gasteiger partial charge in [0.25, 0.3) is 0 Å². The molecule has 16 nitrogen and oxygen atoms in total. The van der Waals surface area contributed by atoms with Crippen LogP contribution in [0.1, 0.15) is 6.92 Å². The van der Waals surface area contributed by atoms with Crippen molar-refractivity contribution < 1.29 is 58.7 Å². The van der Waals surface area contributed by atoms with Crippen LogP contribution < -0.4 is 0 Å². The highest BCUT2D eigenvalue weighted by atomic mass is 16.7. The first-order valence-electron chi connectivity index (χ1n) is 11.6. The van der Waals surface area contributed by atoms with Crippen LogP contribution in [-0.4, -0.2) is 146 Å². The molecule has 3 heterocycles.